The largest absolute Gasteiger partial charge is 0.493 e. The number of nitrogens with one attached hydrogen (secondary N) is 1. The number of hydrogen-bond donors (Lipinski definition) is 1. The predicted octanol–water partition coefficient (Wildman–Crippen LogP) is 3.09. The fourth-order valence-corrected chi connectivity index (χ4v) is 3.59. The van der Waals surface area contributed by atoms with Crippen LogP contribution in [-0.4, -0.2) is 30.1 Å². The van der Waals surface area contributed by atoms with Gasteiger partial charge in [0.2, 0.25) is 5.95 Å². The van der Waals surface area contributed by atoms with Gasteiger partial charge in [0.15, 0.2) is 11.6 Å². The van der Waals surface area contributed by atoms with Gasteiger partial charge < -0.3 is 4.74 Å². The van der Waals surface area contributed by atoms with Gasteiger partial charge in [-0.05, 0) is 28.1 Å². The number of hydrogen-bond acceptors (Lipinski definition) is 5. The summed E-state index contributed by atoms with van der Waals surface area (Å²) in [5.41, 5.74) is 0.309. The average molecular weight is 436 g/mol. The first-order chi connectivity index (χ1) is 11.3. The molecular weight excluding hydrogens is 427 g/mol. The maximum absolute atomic E-state index is 13.6. The van der Waals surface area contributed by atoms with E-state index in [0.29, 0.717) is 10.5 Å². The molecular formula is C13H9BrClFN4O3S. The summed E-state index contributed by atoms with van der Waals surface area (Å²) in [7, 11) is -2.76. The lowest BCUT2D eigenvalue weighted by atomic mass is 10.4. The predicted molar refractivity (Wildman–Crippen MR) is 89.5 cm³/mol. The normalized spacial score (nSPS) is 11.7. The molecule has 1 N–H and O–H groups in total. The summed E-state index contributed by atoms with van der Waals surface area (Å²) < 4.78 is 47.4. The number of fused-ring (bicyclic) bond motifs is 1. The lowest BCUT2D eigenvalue weighted by Crippen LogP contribution is -2.15. The number of pyridine rings is 2. The molecule has 0 unspecified atom stereocenters. The van der Waals surface area contributed by atoms with Gasteiger partial charge in [0.1, 0.15) is 4.90 Å². The summed E-state index contributed by atoms with van der Waals surface area (Å²) in [6.07, 6.45) is 2.63. The molecule has 0 fully saturated rings. The third kappa shape index (κ3) is 3.04. The van der Waals surface area contributed by atoms with E-state index in [1.165, 1.54) is 36.0 Å². The lowest BCUT2D eigenvalue weighted by Gasteiger charge is -2.11. The van der Waals surface area contributed by atoms with Gasteiger partial charge in [-0.3, -0.25) is 4.72 Å². The molecule has 7 nitrogen and oxygen atoms in total. The SMILES string of the molecule is COc1cc(Br)c(F)nc1NS(=O)(=O)c1cnn2cc(Cl)ccc12. The second-order valence-corrected chi connectivity index (χ2v) is 7.54. The molecule has 0 amide bonds. The van der Waals surface area contributed by atoms with E-state index in [2.05, 4.69) is 30.7 Å². The zero-order valence-corrected chi connectivity index (χ0v) is 15.2. The summed E-state index contributed by atoms with van der Waals surface area (Å²) in [5.74, 6) is -1.09. The molecule has 11 heteroatoms. The highest BCUT2D eigenvalue weighted by molar-refractivity contribution is 9.10. The van der Waals surface area contributed by atoms with Gasteiger partial charge in [-0.25, -0.2) is 12.9 Å². The number of aromatic nitrogens is 3. The minimum absolute atomic E-state index is 0.0490. The minimum atomic E-state index is -4.07. The van der Waals surface area contributed by atoms with Crippen LogP contribution in [0.15, 0.2) is 40.0 Å². The van der Waals surface area contributed by atoms with E-state index in [0.717, 1.165) is 6.20 Å². The van der Waals surface area contributed by atoms with Crippen molar-refractivity contribution in [2.75, 3.05) is 11.8 Å². The maximum atomic E-state index is 13.6. The molecule has 0 bridgehead atoms. The number of sulfonamides is 1. The number of anilines is 1. The van der Waals surface area contributed by atoms with Gasteiger partial charge in [0.25, 0.3) is 10.0 Å². The molecule has 0 atom stereocenters. The number of halogens is 3. The Hall–Kier alpha value is -1.91. The highest BCUT2D eigenvalue weighted by Gasteiger charge is 2.23. The van der Waals surface area contributed by atoms with Crippen LogP contribution in [0.4, 0.5) is 10.2 Å². The van der Waals surface area contributed by atoms with Crippen LogP contribution in [0, 0.1) is 5.95 Å². The van der Waals surface area contributed by atoms with E-state index in [9.17, 15) is 12.8 Å². The summed E-state index contributed by atoms with van der Waals surface area (Å²) >= 11 is 8.80. The number of rotatable bonds is 4. The molecule has 0 spiro atoms. The highest BCUT2D eigenvalue weighted by Crippen LogP contribution is 2.30. The molecule has 24 heavy (non-hydrogen) atoms. The Labute approximate surface area is 149 Å². The Kier molecular flexibility index (Phi) is 4.37. The quantitative estimate of drug-likeness (QED) is 0.637. The summed E-state index contributed by atoms with van der Waals surface area (Å²) in [4.78, 5) is 3.45. The second kappa shape index (κ2) is 6.19. The molecule has 0 aliphatic carbocycles. The summed E-state index contributed by atoms with van der Waals surface area (Å²) in [6, 6.07) is 4.32. The molecule has 3 aromatic heterocycles. The van der Waals surface area contributed by atoms with Crippen molar-refractivity contribution in [1.29, 1.82) is 0 Å². The molecule has 0 radical (unpaired) electrons. The van der Waals surface area contributed by atoms with Crippen LogP contribution in [-0.2, 0) is 10.0 Å². The first kappa shape index (κ1) is 16.9. The van der Waals surface area contributed by atoms with Crippen molar-refractivity contribution in [1.82, 2.24) is 14.6 Å². The Morgan fingerprint density at radius 3 is 2.88 bits per heavy atom. The maximum Gasteiger partial charge on any atom is 0.266 e. The van der Waals surface area contributed by atoms with E-state index >= 15 is 0 Å². The van der Waals surface area contributed by atoms with E-state index < -0.39 is 16.0 Å². The molecule has 3 heterocycles. The van der Waals surface area contributed by atoms with Crippen molar-refractivity contribution in [3.8, 4) is 5.75 Å². The summed E-state index contributed by atoms with van der Waals surface area (Å²) in [5, 5.41) is 4.35. The smallest absolute Gasteiger partial charge is 0.266 e. The number of ether oxygens (including phenoxy) is 1. The van der Waals surface area contributed by atoms with Crippen LogP contribution in [0.5, 0.6) is 5.75 Å². The molecule has 3 rings (SSSR count). The molecule has 0 aromatic carbocycles. The van der Waals surface area contributed by atoms with Crippen molar-refractivity contribution in [3.63, 3.8) is 0 Å². The van der Waals surface area contributed by atoms with Crippen LogP contribution in [0.3, 0.4) is 0 Å². The number of nitrogens with zero attached hydrogens (tertiary/aromatic N) is 3. The molecule has 0 saturated carbocycles. The molecule has 126 valence electrons. The second-order valence-electron chi connectivity index (χ2n) is 4.60. The monoisotopic (exact) mass is 434 g/mol. The topological polar surface area (TPSA) is 85.6 Å². The van der Waals surface area contributed by atoms with Crippen LogP contribution in [0.2, 0.25) is 5.02 Å². The Morgan fingerprint density at radius 2 is 2.17 bits per heavy atom. The van der Waals surface area contributed by atoms with Crippen molar-refractivity contribution >= 4 is 48.9 Å². The highest BCUT2D eigenvalue weighted by atomic mass is 79.9. The van der Waals surface area contributed by atoms with Crippen LogP contribution in [0.25, 0.3) is 5.52 Å². The van der Waals surface area contributed by atoms with Crippen molar-refractivity contribution < 1.29 is 17.5 Å². The van der Waals surface area contributed by atoms with Gasteiger partial charge in [0, 0.05) is 12.3 Å². The lowest BCUT2D eigenvalue weighted by molar-refractivity contribution is 0.412. The van der Waals surface area contributed by atoms with Crippen LogP contribution in [0.1, 0.15) is 0 Å². The van der Waals surface area contributed by atoms with E-state index in [1.807, 2.05) is 0 Å². The van der Waals surface area contributed by atoms with Gasteiger partial charge in [-0.15, -0.1) is 0 Å². The Morgan fingerprint density at radius 1 is 1.42 bits per heavy atom. The number of methoxy groups -OCH3 is 1. The fraction of sp³-hybridized carbons (Fsp3) is 0.0769. The van der Waals surface area contributed by atoms with Crippen molar-refractivity contribution in [2.24, 2.45) is 0 Å². The zero-order chi connectivity index (χ0) is 17.5. The van der Waals surface area contributed by atoms with E-state index in [1.54, 1.807) is 0 Å². The van der Waals surface area contributed by atoms with Gasteiger partial charge in [-0.1, -0.05) is 11.6 Å². The van der Waals surface area contributed by atoms with Gasteiger partial charge >= 0.3 is 0 Å². The van der Waals surface area contributed by atoms with Crippen molar-refractivity contribution in [3.05, 3.63) is 46.0 Å². The fourth-order valence-electron chi connectivity index (χ4n) is 2.00. The molecule has 0 aliphatic rings. The third-order valence-electron chi connectivity index (χ3n) is 3.08. The molecule has 0 saturated heterocycles. The molecule has 3 aromatic rings. The van der Waals surface area contributed by atoms with E-state index in [4.69, 9.17) is 16.3 Å². The zero-order valence-electron chi connectivity index (χ0n) is 12.0. The van der Waals surface area contributed by atoms with Gasteiger partial charge in [-0.2, -0.15) is 14.5 Å². The summed E-state index contributed by atoms with van der Waals surface area (Å²) in [6.45, 7) is 0. The van der Waals surface area contributed by atoms with Gasteiger partial charge in [0.05, 0.1) is 28.3 Å². The first-order valence-electron chi connectivity index (χ1n) is 6.37. The van der Waals surface area contributed by atoms with Crippen LogP contribution >= 0.6 is 27.5 Å². The minimum Gasteiger partial charge on any atom is -0.493 e. The third-order valence-corrected chi connectivity index (χ3v) is 5.22. The first-order valence-corrected chi connectivity index (χ1v) is 9.03. The average Bonchev–Trinajstić information content (AvgIpc) is 2.94. The molecule has 0 aliphatic heterocycles. The Balaban J connectivity index is 2.07. The van der Waals surface area contributed by atoms with E-state index in [-0.39, 0.29) is 20.9 Å². The van der Waals surface area contributed by atoms with Crippen LogP contribution < -0.4 is 9.46 Å². The van der Waals surface area contributed by atoms with Crippen molar-refractivity contribution in [2.45, 2.75) is 4.90 Å². The standard InChI is InChI=1S/C13H9BrClFN4O3S/c1-23-10-4-8(14)12(16)18-13(10)19-24(21,22)11-5-17-20-6-7(15)2-3-9(11)20/h2-6H,1H3,(H,18,19). The Bertz CT molecular complexity index is 1040.